The van der Waals surface area contributed by atoms with E-state index in [1.165, 1.54) is 16.7 Å². The number of halogens is 1. The number of nitrogen functional groups attached to an aromatic ring is 1. The van der Waals surface area contributed by atoms with Crippen LogP contribution in [-0.4, -0.2) is 41.5 Å². The molecule has 2 aromatic heterocycles. The zero-order valence-electron chi connectivity index (χ0n) is 12.8. The van der Waals surface area contributed by atoms with E-state index in [0.717, 1.165) is 0 Å². The summed E-state index contributed by atoms with van der Waals surface area (Å²) < 4.78 is 26.5. The second-order valence-corrected chi connectivity index (χ2v) is 6.32. The van der Waals surface area contributed by atoms with Crippen LogP contribution >= 0.6 is 8.38 Å². The Morgan fingerprint density at radius 2 is 2.33 bits per heavy atom. The molecule has 9 nitrogen and oxygen atoms in total. The molecule has 24 heavy (non-hydrogen) atoms. The Morgan fingerprint density at radius 3 is 3.04 bits per heavy atom. The molecule has 0 saturated carbocycles. The van der Waals surface area contributed by atoms with Crippen molar-refractivity contribution < 1.29 is 23.7 Å². The lowest BCUT2D eigenvalue weighted by atomic mass is 9.98. The predicted octanol–water partition coefficient (Wildman–Crippen LogP) is 1.40. The van der Waals surface area contributed by atoms with Gasteiger partial charge < -0.3 is 25.0 Å². The number of fused-ring (bicyclic) bond motifs is 1. The highest BCUT2D eigenvalue weighted by molar-refractivity contribution is 7.48. The predicted molar refractivity (Wildman–Crippen MR) is 83.9 cm³/mol. The highest BCUT2D eigenvalue weighted by Gasteiger charge is 2.40. The fourth-order valence-corrected chi connectivity index (χ4v) is 2.80. The van der Waals surface area contributed by atoms with Crippen LogP contribution in [0.2, 0.25) is 0 Å². The van der Waals surface area contributed by atoms with E-state index < -0.39 is 26.5 Å². The van der Waals surface area contributed by atoms with Gasteiger partial charge in [0.25, 0.3) is 0 Å². The second kappa shape index (κ2) is 6.66. The van der Waals surface area contributed by atoms with E-state index in [4.69, 9.17) is 25.0 Å². The van der Waals surface area contributed by atoms with Gasteiger partial charge in [0.15, 0.2) is 25.4 Å². The molecule has 2 unspecified atom stereocenters. The first-order chi connectivity index (χ1) is 11.4. The molecule has 2 atom stereocenters. The molecule has 3 heterocycles. The van der Waals surface area contributed by atoms with E-state index in [1.807, 2.05) is 6.92 Å². The molecule has 0 aromatic carbocycles. The molecule has 0 radical (unpaired) electrons. The standard InChI is InChI=1S/C13H17FN5O4P/c1-2-13(4-3-5-24(20)21)6-22-12(23-13)19-7-16-8-9(15)17-11(14)18-10(8)19/h3,5,7,12,20-21H,2,4,6H2,1H3,(H2,15,17,18)/b5-3+. The van der Waals surface area contributed by atoms with Crippen LogP contribution in [0.5, 0.6) is 0 Å². The lowest BCUT2D eigenvalue weighted by Crippen LogP contribution is -2.30. The maximum atomic E-state index is 13.4. The Labute approximate surface area is 137 Å². The van der Waals surface area contributed by atoms with E-state index in [1.54, 1.807) is 6.08 Å². The zero-order valence-corrected chi connectivity index (χ0v) is 13.7. The summed E-state index contributed by atoms with van der Waals surface area (Å²) in [5.74, 6) is 1.26. The van der Waals surface area contributed by atoms with Crippen molar-refractivity contribution >= 4 is 25.4 Å². The highest BCUT2D eigenvalue weighted by atomic mass is 31.2. The first-order valence-corrected chi connectivity index (χ1v) is 8.54. The largest absolute Gasteiger partial charge is 0.382 e. The molecule has 1 saturated heterocycles. The van der Waals surface area contributed by atoms with E-state index in [-0.39, 0.29) is 23.6 Å². The number of aromatic nitrogens is 4. The topological polar surface area (TPSA) is 129 Å². The molecule has 0 amide bonds. The summed E-state index contributed by atoms with van der Waals surface area (Å²) >= 11 is 0. The normalized spacial score (nSPS) is 24.6. The van der Waals surface area contributed by atoms with Crippen LogP contribution in [0.25, 0.3) is 11.2 Å². The minimum atomic E-state index is -2.09. The number of hydrogen-bond acceptors (Lipinski definition) is 8. The van der Waals surface area contributed by atoms with Gasteiger partial charge >= 0.3 is 6.08 Å². The van der Waals surface area contributed by atoms with Crippen LogP contribution < -0.4 is 5.73 Å². The van der Waals surface area contributed by atoms with E-state index in [0.29, 0.717) is 12.8 Å². The van der Waals surface area contributed by atoms with E-state index in [2.05, 4.69) is 15.0 Å². The van der Waals surface area contributed by atoms with Gasteiger partial charge in [0.05, 0.1) is 12.2 Å². The Kier molecular flexibility index (Phi) is 4.75. The van der Waals surface area contributed by atoms with Crippen LogP contribution in [0.4, 0.5) is 10.2 Å². The molecule has 0 bridgehead atoms. The molecule has 1 aliphatic rings. The Bertz CT molecular complexity index is 770. The van der Waals surface area contributed by atoms with Crippen molar-refractivity contribution in [3.8, 4) is 0 Å². The first kappa shape index (κ1) is 17.1. The number of ether oxygens (including phenoxy) is 2. The van der Waals surface area contributed by atoms with Gasteiger partial charge in [0.1, 0.15) is 6.33 Å². The van der Waals surface area contributed by atoms with Crippen molar-refractivity contribution in [3.05, 3.63) is 24.3 Å². The van der Waals surface area contributed by atoms with Crippen molar-refractivity contribution in [2.24, 2.45) is 0 Å². The van der Waals surface area contributed by atoms with Crippen molar-refractivity contribution in [3.63, 3.8) is 0 Å². The second-order valence-electron chi connectivity index (χ2n) is 5.38. The van der Waals surface area contributed by atoms with Crippen molar-refractivity contribution in [2.45, 2.75) is 31.8 Å². The maximum Gasteiger partial charge on any atom is 0.312 e. The molecule has 2 aromatic rings. The van der Waals surface area contributed by atoms with Gasteiger partial charge in [-0.2, -0.15) is 14.4 Å². The van der Waals surface area contributed by atoms with Gasteiger partial charge in [-0.15, -0.1) is 0 Å². The third-order valence-corrected chi connectivity index (χ3v) is 4.34. The quantitative estimate of drug-likeness (QED) is 0.541. The third kappa shape index (κ3) is 3.24. The molecular weight excluding hydrogens is 340 g/mol. The van der Waals surface area contributed by atoms with Gasteiger partial charge in [0, 0.05) is 0 Å². The molecule has 1 fully saturated rings. The number of nitrogens with two attached hydrogens (primary N) is 1. The summed E-state index contributed by atoms with van der Waals surface area (Å²) in [5, 5.41) is 0. The Hall–Kier alpha value is -1.71. The minimum Gasteiger partial charge on any atom is -0.382 e. The summed E-state index contributed by atoms with van der Waals surface area (Å²) in [6.45, 7) is 2.22. The highest BCUT2D eigenvalue weighted by Crippen LogP contribution is 2.37. The summed E-state index contributed by atoms with van der Waals surface area (Å²) in [6, 6.07) is 0. The molecule has 11 heteroatoms. The van der Waals surface area contributed by atoms with Gasteiger partial charge in [-0.25, -0.2) is 4.98 Å². The van der Waals surface area contributed by atoms with E-state index >= 15 is 0 Å². The summed E-state index contributed by atoms with van der Waals surface area (Å²) in [4.78, 5) is 29.1. The maximum absolute atomic E-state index is 13.4. The zero-order chi connectivity index (χ0) is 17.3. The van der Waals surface area contributed by atoms with Gasteiger partial charge in [-0.3, -0.25) is 4.57 Å². The minimum absolute atomic E-state index is 0.0572. The third-order valence-electron chi connectivity index (χ3n) is 3.86. The Balaban J connectivity index is 1.85. The van der Waals surface area contributed by atoms with Crippen LogP contribution in [0, 0.1) is 6.08 Å². The van der Waals surface area contributed by atoms with E-state index in [9.17, 15) is 4.39 Å². The molecular formula is C13H17FN5O4P. The van der Waals surface area contributed by atoms with Gasteiger partial charge in [-0.05, 0) is 18.7 Å². The lowest BCUT2D eigenvalue weighted by Gasteiger charge is -2.24. The lowest BCUT2D eigenvalue weighted by molar-refractivity contribution is -0.137. The number of hydrogen-bond donors (Lipinski definition) is 3. The average Bonchev–Trinajstić information content (AvgIpc) is 3.11. The smallest absolute Gasteiger partial charge is 0.312 e. The van der Waals surface area contributed by atoms with Gasteiger partial charge in [0.2, 0.25) is 6.41 Å². The average molecular weight is 357 g/mol. The van der Waals surface area contributed by atoms with Crippen molar-refractivity contribution in [1.29, 1.82) is 0 Å². The SMILES string of the molecule is CCC1(C/C=C/P(O)O)COC(n2cnc3c(N)nc(F)nc32)O1. The molecule has 1 aliphatic heterocycles. The monoisotopic (exact) mass is 357 g/mol. The molecule has 0 spiro atoms. The Morgan fingerprint density at radius 1 is 1.54 bits per heavy atom. The van der Waals surface area contributed by atoms with Crippen LogP contribution in [0.15, 0.2) is 18.2 Å². The number of anilines is 1. The van der Waals surface area contributed by atoms with Crippen LogP contribution in [0.1, 0.15) is 26.2 Å². The van der Waals surface area contributed by atoms with Crippen molar-refractivity contribution in [2.75, 3.05) is 12.3 Å². The van der Waals surface area contributed by atoms with Crippen LogP contribution in [0.3, 0.4) is 0 Å². The summed E-state index contributed by atoms with van der Waals surface area (Å²) in [7, 11) is -2.09. The summed E-state index contributed by atoms with van der Waals surface area (Å²) in [6.07, 6.45) is 2.35. The fraction of sp³-hybridized carbons (Fsp3) is 0.462. The molecule has 0 aliphatic carbocycles. The first-order valence-electron chi connectivity index (χ1n) is 7.23. The molecule has 130 valence electrons. The van der Waals surface area contributed by atoms with Gasteiger partial charge in [-0.1, -0.05) is 13.0 Å². The number of rotatable bonds is 5. The number of imidazole rings is 1. The summed E-state index contributed by atoms with van der Waals surface area (Å²) in [5.41, 5.74) is 5.46. The van der Waals surface area contributed by atoms with Crippen LogP contribution in [-0.2, 0) is 9.47 Å². The number of nitrogens with zero attached hydrogens (tertiary/aromatic N) is 4. The van der Waals surface area contributed by atoms with Crippen molar-refractivity contribution in [1.82, 2.24) is 19.5 Å². The fourth-order valence-electron chi connectivity index (χ4n) is 2.51. The molecule has 4 N–H and O–H groups in total. The molecule has 3 rings (SSSR count).